The summed E-state index contributed by atoms with van der Waals surface area (Å²) in [7, 11) is 0. The zero-order valence-electron chi connectivity index (χ0n) is 12.1. The first kappa shape index (κ1) is 16.2. The molecule has 8 heteroatoms. The van der Waals surface area contributed by atoms with Gasteiger partial charge >= 0.3 is 12.0 Å². The molecule has 0 fully saturated rings. The molecule has 0 saturated carbocycles. The van der Waals surface area contributed by atoms with Crippen LogP contribution in [0.5, 0.6) is 0 Å². The van der Waals surface area contributed by atoms with Crippen LogP contribution >= 0.6 is 23.2 Å². The van der Waals surface area contributed by atoms with Crippen LogP contribution in [0.2, 0.25) is 10.0 Å². The number of carbonyl (C=O) groups is 2. The lowest BCUT2D eigenvalue weighted by Gasteiger charge is -2.08. The van der Waals surface area contributed by atoms with E-state index in [-0.39, 0.29) is 16.4 Å². The molecular formula is C16H11Cl2N3O3. The molecule has 122 valence electrons. The summed E-state index contributed by atoms with van der Waals surface area (Å²) in [4.78, 5) is 26.3. The van der Waals surface area contributed by atoms with Crippen molar-refractivity contribution in [2.24, 2.45) is 0 Å². The van der Waals surface area contributed by atoms with E-state index in [1.54, 1.807) is 24.3 Å². The van der Waals surface area contributed by atoms with Crippen LogP contribution in [-0.2, 0) is 0 Å². The summed E-state index contributed by atoms with van der Waals surface area (Å²) in [6.45, 7) is 0. The zero-order chi connectivity index (χ0) is 17.3. The number of carbonyl (C=O) groups excluding carboxylic acids is 1. The minimum atomic E-state index is -1.23. The normalized spacial score (nSPS) is 10.6. The molecule has 0 atom stereocenters. The summed E-state index contributed by atoms with van der Waals surface area (Å²) in [5.74, 6) is -1.23. The van der Waals surface area contributed by atoms with Crippen molar-refractivity contribution >= 4 is 57.5 Å². The van der Waals surface area contributed by atoms with E-state index in [1.807, 2.05) is 6.07 Å². The summed E-state index contributed by atoms with van der Waals surface area (Å²) in [5, 5.41) is 15.5. The van der Waals surface area contributed by atoms with Crippen LogP contribution in [-0.4, -0.2) is 22.1 Å². The van der Waals surface area contributed by atoms with E-state index in [0.29, 0.717) is 21.6 Å². The molecule has 0 bridgehead atoms. The second-order valence-electron chi connectivity index (χ2n) is 4.94. The van der Waals surface area contributed by atoms with Crippen molar-refractivity contribution in [3.8, 4) is 0 Å². The number of rotatable bonds is 3. The number of hydrogen-bond donors (Lipinski definition) is 4. The van der Waals surface area contributed by atoms with E-state index in [2.05, 4.69) is 15.6 Å². The molecule has 0 unspecified atom stereocenters. The third-order valence-electron chi connectivity index (χ3n) is 3.30. The fourth-order valence-corrected chi connectivity index (χ4v) is 2.92. The highest BCUT2D eigenvalue weighted by Crippen LogP contribution is 2.36. The quantitative estimate of drug-likeness (QED) is 0.537. The van der Waals surface area contributed by atoms with Crippen molar-refractivity contribution in [3.63, 3.8) is 0 Å². The van der Waals surface area contributed by atoms with Crippen LogP contribution in [0, 0.1) is 0 Å². The number of nitrogens with one attached hydrogen (secondary N) is 3. The van der Waals surface area contributed by atoms with Gasteiger partial charge in [0, 0.05) is 16.1 Å². The zero-order valence-corrected chi connectivity index (χ0v) is 13.6. The van der Waals surface area contributed by atoms with E-state index in [9.17, 15) is 14.7 Å². The molecule has 0 aliphatic carbocycles. The highest BCUT2D eigenvalue weighted by molar-refractivity contribution is 6.40. The molecule has 4 N–H and O–H groups in total. The van der Waals surface area contributed by atoms with Gasteiger partial charge in [0.25, 0.3) is 0 Å². The number of halogens is 2. The molecule has 0 spiro atoms. The van der Waals surface area contributed by atoms with Gasteiger partial charge in [-0.05, 0) is 24.3 Å². The number of amides is 2. The number of hydrogen-bond acceptors (Lipinski definition) is 2. The fourth-order valence-electron chi connectivity index (χ4n) is 2.33. The van der Waals surface area contributed by atoms with Gasteiger partial charge in [-0.2, -0.15) is 0 Å². The number of urea groups is 1. The monoisotopic (exact) mass is 363 g/mol. The van der Waals surface area contributed by atoms with E-state index >= 15 is 0 Å². The van der Waals surface area contributed by atoms with Gasteiger partial charge in [-0.15, -0.1) is 0 Å². The van der Waals surface area contributed by atoms with Crippen molar-refractivity contribution in [1.29, 1.82) is 0 Å². The summed E-state index contributed by atoms with van der Waals surface area (Å²) < 4.78 is 0. The first-order valence-electron chi connectivity index (χ1n) is 6.83. The lowest BCUT2D eigenvalue weighted by atomic mass is 10.2. The second kappa shape index (κ2) is 6.43. The van der Waals surface area contributed by atoms with Crippen molar-refractivity contribution < 1.29 is 14.7 Å². The lowest BCUT2D eigenvalue weighted by molar-refractivity contribution is 0.0692. The van der Waals surface area contributed by atoms with E-state index < -0.39 is 12.0 Å². The van der Waals surface area contributed by atoms with Crippen LogP contribution in [0.25, 0.3) is 10.9 Å². The number of aromatic carboxylic acids is 1. The number of carboxylic acids is 1. The Balaban J connectivity index is 2.00. The number of H-pyrrole nitrogens is 1. The molecule has 3 aromatic rings. The third kappa shape index (κ3) is 3.15. The van der Waals surface area contributed by atoms with Crippen LogP contribution in [0.1, 0.15) is 10.5 Å². The third-order valence-corrected chi connectivity index (χ3v) is 3.82. The topological polar surface area (TPSA) is 94.2 Å². The Morgan fingerprint density at radius 2 is 1.75 bits per heavy atom. The Labute approximate surface area is 146 Å². The van der Waals surface area contributed by atoms with Crippen molar-refractivity contribution in [3.05, 3.63) is 58.2 Å². The van der Waals surface area contributed by atoms with E-state index in [0.717, 1.165) is 0 Å². The minimum absolute atomic E-state index is 0.0765. The summed E-state index contributed by atoms with van der Waals surface area (Å²) >= 11 is 12.1. The first-order valence-corrected chi connectivity index (χ1v) is 7.58. The summed E-state index contributed by atoms with van der Waals surface area (Å²) in [6.07, 6.45) is 0. The van der Waals surface area contributed by atoms with Gasteiger partial charge < -0.3 is 20.7 Å². The van der Waals surface area contributed by atoms with Gasteiger partial charge in [0.1, 0.15) is 5.69 Å². The molecule has 0 aliphatic heterocycles. The summed E-state index contributed by atoms with van der Waals surface area (Å²) in [6, 6.07) is 11.2. The molecule has 24 heavy (non-hydrogen) atoms. The molecule has 1 aromatic heterocycles. The maximum absolute atomic E-state index is 12.2. The Morgan fingerprint density at radius 3 is 2.42 bits per heavy atom. The SMILES string of the molecule is O=C(Nc1ccccc1)Nc1c(C(=O)O)[nH]c2cc(Cl)cc(Cl)c12. The lowest BCUT2D eigenvalue weighted by Crippen LogP contribution is -2.20. The maximum atomic E-state index is 12.2. The van der Waals surface area contributed by atoms with Crippen LogP contribution < -0.4 is 10.6 Å². The number of para-hydroxylation sites is 1. The molecular weight excluding hydrogens is 353 g/mol. The highest BCUT2D eigenvalue weighted by atomic mass is 35.5. The smallest absolute Gasteiger partial charge is 0.354 e. The molecule has 3 rings (SSSR count). The first-order chi connectivity index (χ1) is 11.5. The number of anilines is 2. The molecule has 0 saturated heterocycles. The second-order valence-corrected chi connectivity index (χ2v) is 5.78. The predicted octanol–water partition coefficient (Wildman–Crippen LogP) is 4.82. The summed E-state index contributed by atoms with van der Waals surface area (Å²) in [5.41, 5.74) is 0.880. The average molecular weight is 364 g/mol. The van der Waals surface area contributed by atoms with E-state index in [4.69, 9.17) is 23.2 Å². The number of fused-ring (bicyclic) bond motifs is 1. The van der Waals surface area contributed by atoms with Crippen molar-refractivity contribution in [1.82, 2.24) is 4.98 Å². The highest BCUT2D eigenvalue weighted by Gasteiger charge is 2.21. The molecule has 6 nitrogen and oxygen atoms in total. The maximum Gasteiger partial charge on any atom is 0.354 e. The van der Waals surface area contributed by atoms with Gasteiger partial charge in [0.2, 0.25) is 0 Å². The standard InChI is InChI=1S/C16H11Cl2N3O3/c17-8-6-10(18)12-11(7-8)20-14(15(22)23)13(12)21-16(24)19-9-4-2-1-3-5-9/h1-7,20H,(H,22,23)(H2,19,21,24). The van der Waals surface area contributed by atoms with Crippen molar-refractivity contribution in [2.75, 3.05) is 10.6 Å². The Morgan fingerprint density at radius 1 is 1.04 bits per heavy atom. The van der Waals surface area contributed by atoms with Crippen LogP contribution in [0.15, 0.2) is 42.5 Å². The average Bonchev–Trinajstić information content (AvgIpc) is 2.86. The van der Waals surface area contributed by atoms with Crippen LogP contribution in [0.4, 0.5) is 16.2 Å². The van der Waals surface area contributed by atoms with Crippen LogP contribution in [0.3, 0.4) is 0 Å². The minimum Gasteiger partial charge on any atom is -0.477 e. The van der Waals surface area contributed by atoms with Crippen molar-refractivity contribution in [2.45, 2.75) is 0 Å². The van der Waals surface area contributed by atoms with Gasteiger partial charge in [-0.3, -0.25) is 0 Å². The fraction of sp³-hybridized carbons (Fsp3) is 0. The van der Waals surface area contributed by atoms with Gasteiger partial charge in [-0.1, -0.05) is 41.4 Å². The predicted molar refractivity (Wildman–Crippen MR) is 94.4 cm³/mol. The Hall–Kier alpha value is -2.70. The largest absolute Gasteiger partial charge is 0.477 e. The molecule has 2 aromatic carbocycles. The molecule has 2 amide bonds. The molecule has 1 heterocycles. The number of benzene rings is 2. The van der Waals surface area contributed by atoms with E-state index in [1.165, 1.54) is 12.1 Å². The Kier molecular flexibility index (Phi) is 4.33. The Bertz CT molecular complexity index is 939. The van der Waals surface area contributed by atoms with Gasteiger partial charge in [0.05, 0.1) is 16.2 Å². The molecule has 0 radical (unpaired) electrons. The number of aromatic amines is 1. The molecule has 0 aliphatic rings. The number of carboxylic acid groups (broad SMARTS) is 1. The number of aromatic nitrogens is 1. The van der Waals surface area contributed by atoms with Gasteiger partial charge in [-0.25, -0.2) is 9.59 Å². The van der Waals surface area contributed by atoms with Gasteiger partial charge in [0.15, 0.2) is 0 Å².